The Hall–Kier alpha value is -3.39. The van der Waals surface area contributed by atoms with Gasteiger partial charge in [-0.3, -0.25) is 4.79 Å². The first-order valence-electron chi connectivity index (χ1n) is 9.39. The van der Waals surface area contributed by atoms with E-state index in [1.165, 1.54) is 23.9 Å². The van der Waals surface area contributed by atoms with Gasteiger partial charge in [-0.2, -0.15) is 5.10 Å². The van der Waals surface area contributed by atoms with Crippen LogP contribution in [-0.4, -0.2) is 32.9 Å². The van der Waals surface area contributed by atoms with Crippen molar-refractivity contribution >= 4 is 28.9 Å². The molecule has 0 aliphatic heterocycles. The number of aromatic nitrogens is 3. The largest absolute Gasteiger partial charge is 0.494 e. The molecular formula is C22H19FN4O2S. The van der Waals surface area contributed by atoms with Gasteiger partial charge in [-0.05, 0) is 49.4 Å². The summed E-state index contributed by atoms with van der Waals surface area (Å²) in [6.07, 6.45) is 3.40. The number of thioether (sulfide) groups is 1. The fourth-order valence-corrected chi connectivity index (χ4v) is 3.70. The van der Waals surface area contributed by atoms with E-state index in [-0.39, 0.29) is 17.3 Å². The number of rotatable bonds is 7. The number of anilines is 1. The average molecular weight is 422 g/mol. The van der Waals surface area contributed by atoms with Gasteiger partial charge in [0.05, 0.1) is 29.3 Å². The maximum Gasteiger partial charge on any atom is 0.234 e. The van der Waals surface area contributed by atoms with Crippen LogP contribution in [0.3, 0.4) is 0 Å². The Morgan fingerprint density at radius 1 is 1.20 bits per heavy atom. The normalized spacial score (nSPS) is 10.9. The lowest BCUT2D eigenvalue weighted by molar-refractivity contribution is -0.113. The molecule has 0 unspecified atom stereocenters. The van der Waals surface area contributed by atoms with E-state index in [9.17, 15) is 9.18 Å². The van der Waals surface area contributed by atoms with Gasteiger partial charge < -0.3 is 10.1 Å². The highest BCUT2D eigenvalue weighted by atomic mass is 32.2. The highest BCUT2D eigenvalue weighted by Gasteiger charge is 2.12. The second kappa shape index (κ2) is 8.96. The van der Waals surface area contributed by atoms with Crippen molar-refractivity contribution in [1.29, 1.82) is 0 Å². The van der Waals surface area contributed by atoms with Crippen LogP contribution in [0.2, 0.25) is 0 Å². The van der Waals surface area contributed by atoms with Crippen LogP contribution in [0, 0.1) is 5.82 Å². The number of carbonyl (C=O) groups excluding carboxylic acids is 1. The number of nitrogens with one attached hydrogen (secondary N) is 1. The molecule has 1 N–H and O–H groups in total. The zero-order valence-electron chi connectivity index (χ0n) is 16.2. The van der Waals surface area contributed by atoms with E-state index in [4.69, 9.17) is 4.74 Å². The molecule has 6 nitrogen and oxygen atoms in total. The minimum absolute atomic E-state index is 0.102. The number of ether oxygens (including phenoxy) is 1. The second-order valence-corrected chi connectivity index (χ2v) is 7.33. The molecule has 0 aliphatic rings. The molecule has 0 saturated carbocycles. The van der Waals surface area contributed by atoms with Gasteiger partial charge in [-0.25, -0.2) is 13.9 Å². The standard InChI is InChI=1S/C22H19FN4O2S/c1-2-29-16-9-7-15(8-10-16)19-13-20-22(24-11-12-27(20)26-19)30-14-21(28)25-18-6-4-3-5-17(18)23/h3-13H,2,14H2,1H3,(H,25,28). The topological polar surface area (TPSA) is 68.5 Å². The van der Waals surface area contributed by atoms with Crippen molar-refractivity contribution < 1.29 is 13.9 Å². The Balaban J connectivity index is 1.49. The number of halogens is 1. The molecule has 4 aromatic rings. The van der Waals surface area contributed by atoms with Crippen molar-refractivity contribution in [3.05, 3.63) is 72.8 Å². The number of benzene rings is 2. The SMILES string of the molecule is CCOc1ccc(-c2cc3c(SCC(=O)Nc4ccccc4F)nccn3n2)cc1. The van der Waals surface area contributed by atoms with Gasteiger partial charge >= 0.3 is 0 Å². The number of para-hydroxylation sites is 1. The molecule has 0 saturated heterocycles. The molecule has 0 aliphatic carbocycles. The van der Waals surface area contributed by atoms with Gasteiger partial charge in [0.2, 0.25) is 5.91 Å². The third-order valence-electron chi connectivity index (χ3n) is 4.30. The fourth-order valence-electron chi connectivity index (χ4n) is 2.92. The van der Waals surface area contributed by atoms with Gasteiger partial charge in [-0.1, -0.05) is 23.9 Å². The van der Waals surface area contributed by atoms with Gasteiger partial charge in [0.1, 0.15) is 16.6 Å². The van der Waals surface area contributed by atoms with Crippen molar-refractivity contribution in [1.82, 2.24) is 14.6 Å². The Bertz CT molecular complexity index is 1180. The molecular weight excluding hydrogens is 403 g/mol. The first-order chi connectivity index (χ1) is 14.6. The Labute approximate surface area is 177 Å². The summed E-state index contributed by atoms with van der Waals surface area (Å²) in [7, 11) is 0. The predicted octanol–water partition coefficient (Wildman–Crippen LogP) is 4.66. The van der Waals surface area contributed by atoms with E-state index in [0.29, 0.717) is 11.6 Å². The van der Waals surface area contributed by atoms with Crippen LogP contribution in [0.5, 0.6) is 5.75 Å². The predicted molar refractivity (Wildman–Crippen MR) is 115 cm³/mol. The lowest BCUT2D eigenvalue weighted by Crippen LogP contribution is -2.15. The number of amides is 1. The first-order valence-corrected chi connectivity index (χ1v) is 10.4. The summed E-state index contributed by atoms with van der Waals surface area (Å²) in [5.41, 5.74) is 2.71. The van der Waals surface area contributed by atoms with Crippen LogP contribution in [0.4, 0.5) is 10.1 Å². The fraction of sp³-hybridized carbons (Fsp3) is 0.136. The van der Waals surface area contributed by atoms with Gasteiger partial charge in [-0.15, -0.1) is 0 Å². The quantitative estimate of drug-likeness (QED) is 0.439. The van der Waals surface area contributed by atoms with Crippen molar-refractivity contribution in [2.45, 2.75) is 11.9 Å². The third-order valence-corrected chi connectivity index (χ3v) is 5.30. The van der Waals surface area contributed by atoms with Crippen molar-refractivity contribution in [2.75, 3.05) is 17.7 Å². The van der Waals surface area contributed by atoms with Crippen molar-refractivity contribution in [3.8, 4) is 17.0 Å². The lowest BCUT2D eigenvalue weighted by atomic mass is 10.1. The molecule has 0 atom stereocenters. The van der Waals surface area contributed by atoms with Gasteiger partial charge in [0.25, 0.3) is 0 Å². The molecule has 1 amide bonds. The van der Waals surface area contributed by atoms with Crippen LogP contribution in [-0.2, 0) is 4.79 Å². The summed E-state index contributed by atoms with van der Waals surface area (Å²) in [5.74, 6) is 0.140. The Kier molecular flexibility index (Phi) is 5.94. The van der Waals surface area contributed by atoms with Crippen LogP contribution in [0.25, 0.3) is 16.8 Å². The molecule has 0 spiro atoms. The number of hydrogen-bond acceptors (Lipinski definition) is 5. The maximum absolute atomic E-state index is 13.7. The molecule has 2 aromatic carbocycles. The molecule has 0 fully saturated rings. The number of hydrogen-bond donors (Lipinski definition) is 1. The Morgan fingerprint density at radius 2 is 2.00 bits per heavy atom. The molecule has 0 radical (unpaired) electrons. The second-order valence-electron chi connectivity index (χ2n) is 6.37. The monoisotopic (exact) mass is 422 g/mol. The van der Waals surface area contributed by atoms with E-state index < -0.39 is 5.82 Å². The number of carbonyl (C=O) groups is 1. The average Bonchev–Trinajstić information content (AvgIpc) is 3.20. The van der Waals surface area contributed by atoms with Crippen molar-refractivity contribution in [3.63, 3.8) is 0 Å². The lowest BCUT2D eigenvalue weighted by Gasteiger charge is -2.06. The summed E-state index contributed by atoms with van der Waals surface area (Å²) in [5, 5.41) is 7.85. The molecule has 152 valence electrons. The molecule has 30 heavy (non-hydrogen) atoms. The van der Waals surface area contributed by atoms with E-state index in [0.717, 1.165) is 22.5 Å². The van der Waals surface area contributed by atoms with Crippen molar-refractivity contribution in [2.24, 2.45) is 0 Å². The smallest absolute Gasteiger partial charge is 0.234 e. The highest BCUT2D eigenvalue weighted by molar-refractivity contribution is 8.00. The van der Waals surface area contributed by atoms with Gasteiger partial charge in [0.15, 0.2) is 0 Å². The summed E-state index contributed by atoms with van der Waals surface area (Å²) in [6.45, 7) is 2.56. The van der Waals surface area contributed by atoms with E-state index in [1.54, 1.807) is 29.0 Å². The zero-order valence-corrected chi connectivity index (χ0v) is 17.0. The molecule has 0 bridgehead atoms. The molecule has 2 heterocycles. The minimum Gasteiger partial charge on any atom is -0.494 e. The summed E-state index contributed by atoms with van der Waals surface area (Å²) < 4.78 is 20.9. The summed E-state index contributed by atoms with van der Waals surface area (Å²) >= 11 is 1.27. The summed E-state index contributed by atoms with van der Waals surface area (Å²) in [6, 6.07) is 15.7. The summed E-state index contributed by atoms with van der Waals surface area (Å²) in [4.78, 5) is 16.6. The van der Waals surface area contributed by atoms with E-state index in [2.05, 4.69) is 15.4 Å². The highest BCUT2D eigenvalue weighted by Crippen LogP contribution is 2.27. The van der Waals surface area contributed by atoms with E-state index >= 15 is 0 Å². The van der Waals surface area contributed by atoms with Gasteiger partial charge in [0, 0.05) is 18.0 Å². The molecule has 2 aromatic heterocycles. The first kappa shape index (κ1) is 19.9. The van der Waals surface area contributed by atoms with Crippen LogP contribution < -0.4 is 10.1 Å². The number of nitrogens with zero attached hydrogens (tertiary/aromatic N) is 3. The van der Waals surface area contributed by atoms with E-state index in [1.807, 2.05) is 37.3 Å². The molecule has 8 heteroatoms. The minimum atomic E-state index is -0.466. The molecule has 4 rings (SSSR count). The number of fused-ring (bicyclic) bond motifs is 1. The Morgan fingerprint density at radius 3 is 2.77 bits per heavy atom. The van der Waals surface area contributed by atoms with Crippen LogP contribution in [0.15, 0.2) is 72.0 Å². The van der Waals surface area contributed by atoms with Crippen LogP contribution in [0.1, 0.15) is 6.92 Å². The third kappa shape index (κ3) is 4.44. The maximum atomic E-state index is 13.7. The van der Waals surface area contributed by atoms with Crippen LogP contribution >= 0.6 is 11.8 Å². The zero-order chi connectivity index (χ0) is 20.9.